The lowest BCUT2D eigenvalue weighted by Crippen LogP contribution is -2.65. The van der Waals surface area contributed by atoms with Crippen LogP contribution in [0.5, 0.6) is 5.75 Å². The zero-order valence-electron chi connectivity index (χ0n) is 23.4. The fourth-order valence-electron chi connectivity index (χ4n) is 6.08. The van der Waals surface area contributed by atoms with Crippen LogP contribution in [0.2, 0.25) is 0 Å². The Bertz CT molecular complexity index is 1590. The summed E-state index contributed by atoms with van der Waals surface area (Å²) in [6.45, 7) is 1.53. The summed E-state index contributed by atoms with van der Waals surface area (Å²) < 4.78 is 0. The summed E-state index contributed by atoms with van der Waals surface area (Å²) in [6.07, 6.45) is -0.179. The van der Waals surface area contributed by atoms with Crippen LogP contribution in [0.25, 0.3) is 10.8 Å². The first kappa shape index (κ1) is 27.3. The highest BCUT2D eigenvalue weighted by Crippen LogP contribution is 2.31. The van der Waals surface area contributed by atoms with Gasteiger partial charge in [-0.05, 0) is 39.6 Å². The van der Waals surface area contributed by atoms with E-state index in [-0.39, 0.29) is 55.4 Å². The van der Waals surface area contributed by atoms with Crippen LogP contribution in [0.3, 0.4) is 0 Å². The van der Waals surface area contributed by atoms with Crippen LogP contribution in [0.1, 0.15) is 35.4 Å². The summed E-state index contributed by atoms with van der Waals surface area (Å²) in [5.41, 5.74) is 2.86. The third kappa shape index (κ3) is 5.79. The van der Waals surface area contributed by atoms with Crippen molar-refractivity contribution < 1.29 is 19.5 Å². The molecule has 6 rings (SSSR count). The van der Waals surface area contributed by atoms with E-state index >= 15 is 0 Å². The molecule has 0 aliphatic carbocycles. The zero-order chi connectivity index (χ0) is 29.1. The lowest BCUT2D eigenvalue weighted by atomic mass is 9.92. The lowest BCUT2D eigenvalue weighted by Gasteiger charge is -2.48. The van der Waals surface area contributed by atoms with Crippen molar-refractivity contribution in [3.05, 3.63) is 114 Å². The highest BCUT2D eigenvalue weighted by molar-refractivity contribution is 5.87. The normalized spacial score (nSPS) is 19.3. The predicted molar refractivity (Wildman–Crippen MR) is 160 cm³/mol. The maximum atomic E-state index is 14.0. The molecule has 214 valence electrons. The predicted octanol–water partition coefficient (Wildman–Crippen LogP) is 4.83. The van der Waals surface area contributed by atoms with Crippen molar-refractivity contribution >= 4 is 28.6 Å². The fraction of sp³-hybridized carbons (Fsp3) is 0.265. The Morgan fingerprint density at radius 1 is 0.833 bits per heavy atom. The molecule has 2 aliphatic heterocycles. The Kier molecular flexibility index (Phi) is 7.77. The number of phenolic OH excluding ortho intramolecular Hbond substituents is 1. The second-order valence-corrected chi connectivity index (χ2v) is 11.0. The molecule has 0 aromatic heterocycles. The third-order valence-electron chi connectivity index (χ3n) is 8.33. The number of nitrogens with zero attached hydrogens (tertiary/aromatic N) is 3. The van der Waals surface area contributed by atoms with Crippen LogP contribution in [0.15, 0.2) is 97.1 Å². The van der Waals surface area contributed by atoms with Crippen LogP contribution in [0, 0.1) is 0 Å². The van der Waals surface area contributed by atoms with E-state index in [1.165, 1.54) is 0 Å². The Balaban J connectivity index is 1.33. The minimum Gasteiger partial charge on any atom is -0.508 e. The van der Waals surface area contributed by atoms with Gasteiger partial charge in [-0.2, -0.15) is 0 Å². The molecule has 4 aromatic carbocycles. The summed E-state index contributed by atoms with van der Waals surface area (Å²) in [7, 11) is 0. The van der Waals surface area contributed by atoms with E-state index in [4.69, 9.17) is 0 Å². The molecule has 2 fully saturated rings. The van der Waals surface area contributed by atoms with Crippen molar-refractivity contribution in [3.8, 4) is 5.75 Å². The van der Waals surface area contributed by atoms with Crippen molar-refractivity contribution in [2.24, 2.45) is 0 Å². The number of hydrogen-bond acceptors (Lipinski definition) is 4. The standard InChI is InChI=1S/C34H34N4O4/c39-29-15-13-25(14-16-29)28-19-33(41)36(21-27-11-6-10-26-9-4-5-12-30(26)27)23-31-37(18-17-32(40)38(31)22-28)34(42)35-20-24-7-2-1-3-8-24/h1-16,28,31,39H,17-23H2,(H,35,42)/t28?,31-/m1/s1. The van der Waals surface area contributed by atoms with Gasteiger partial charge < -0.3 is 25.1 Å². The van der Waals surface area contributed by atoms with Gasteiger partial charge in [0.1, 0.15) is 11.9 Å². The van der Waals surface area contributed by atoms with Gasteiger partial charge in [0, 0.05) is 44.9 Å². The van der Waals surface area contributed by atoms with E-state index in [1.54, 1.807) is 39.0 Å². The van der Waals surface area contributed by atoms with Gasteiger partial charge >= 0.3 is 6.03 Å². The topological polar surface area (TPSA) is 93.2 Å². The molecule has 2 aliphatic rings. The van der Waals surface area contributed by atoms with Gasteiger partial charge in [-0.15, -0.1) is 0 Å². The van der Waals surface area contributed by atoms with Crippen LogP contribution in [0.4, 0.5) is 4.79 Å². The van der Waals surface area contributed by atoms with Gasteiger partial charge in [0.05, 0.1) is 6.54 Å². The van der Waals surface area contributed by atoms with E-state index in [9.17, 15) is 19.5 Å². The molecule has 8 heteroatoms. The molecule has 0 radical (unpaired) electrons. The molecule has 2 heterocycles. The number of urea groups is 1. The SMILES string of the molecule is O=C1CC(c2ccc(O)cc2)CN2C(=O)CCN(C(=O)NCc3ccccc3)[C@H]2CN1Cc1cccc2ccccc12. The van der Waals surface area contributed by atoms with Gasteiger partial charge in [-0.1, -0.05) is 84.9 Å². The first-order valence-electron chi connectivity index (χ1n) is 14.4. The highest BCUT2D eigenvalue weighted by atomic mass is 16.3. The molecule has 1 unspecified atom stereocenters. The largest absolute Gasteiger partial charge is 0.508 e. The number of carbonyl (C=O) groups excluding carboxylic acids is 3. The summed E-state index contributed by atoms with van der Waals surface area (Å²) in [6, 6.07) is 30.4. The third-order valence-corrected chi connectivity index (χ3v) is 8.33. The van der Waals surface area contributed by atoms with Gasteiger partial charge in [0.2, 0.25) is 11.8 Å². The molecule has 0 spiro atoms. The summed E-state index contributed by atoms with van der Waals surface area (Å²) >= 11 is 0. The molecule has 42 heavy (non-hydrogen) atoms. The Morgan fingerprint density at radius 2 is 1.57 bits per heavy atom. The number of phenols is 1. The number of nitrogens with one attached hydrogen (secondary N) is 1. The van der Waals surface area contributed by atoms with Gasteiger partial charge in [0.25, 0.3) is 0 Å². The minimum absolute atomic E-state index is 0.0321. The van der Waals surface area contributed by atoms with E-state index in [2.05, 4.69) is 23.5 Å². The maximum Gasteiger partial charge on any atom is 0.319 e. The highest BCUT2D eigenvalue weighted by Gasteiger charge is 2.41. The van der Waals surface area contributed by atoms with Crippen molar-refractivity contribution in [1.29, 1.82) is 0 Å². The molecule has 2 N–H and O–H groups in total. The van der Waals surface area contributed by atoms with E-state index in [0.717, 1.165) is 27.5 Å². The molecule has 8 nitrogen and oxygen atoms in total. The van der Waals surface area contributed by atoms with Crippen molar-refractivity contribution in [2.75, 3.05) is 19.6 Å². The Morgan fingerprint density at radius 3 is 2.38 bits per heavy atom. The zero-order valence-corrected chi connectivity index (χ0v) is 23.4. The van der Waals surface area contributed by atoms with E-state index < -0.39 is 6.17 Å². The van der Waals surface area contributed by atoms with Gasteiger partial charge in [-0.25, -0.2) is 4.79 Å². The van der Waals surface area contributed by atoms with Gasteiger partial charge in [-0.3, -0.25) is 9.59 Å². The first-order valence-corrected chi connectivity index (χ1v) is 14.4. The molecule has 4 aromatic rings. The van der Waals surface area contributed by atoms with Crippen LogP contribution in [-0.2, 0) is 22.7 Å². The molecular formula is C34H34N4O4. The number of amides is 4. The molecule has 0 saturated carbocycles. The summed E-state index contributed by atoms with van der Waals surface area (Å²) in [4.78, 5) is 46.2. The number of carbonyl (C=O) groups is 3. The average molecular weight is 563 g/mol. The monoisotopic (exact) mass is 562 g/mol. The second-order valence-electron chi connectivity index (χ2n) is 11.0. The number of aromatic hydroxyl groups is 1. The molecule has 2 saturated heterocycles. The molecular weight excluding hydrogens is 528 g/mol. The first-order chi connectivity index (χ1) is 20.5. The number of rotatable bonds is 5. The van der Waals surface area contributed by atoms with Crippen molar-refractivity contribution in [3.63, 3.8) is 0 Å². The molecule has 2 atom stereocenters. The Labute approximate surface area is 245 Å². The van der Waals surface area contributed by atoms with Crippen LogP contribution in [-0.4, -0.2) is 63.5 Å². The maximum absolute atomic E-state index is 14.0. The van der Waals surface area contributed by atoms with Crippen molar-refractivity contribution in [2.45, 2.75) is 38.0 Å². The summed E-state index contributed by atoms with van der Waals surface area (Å²) in [5.74, 6) is -0.215. The van der Waals surface area contributed by atoms with E-state index in [1.807, 2.05) is 54.6 Å². The second kappa shape index (κ2) is 11.9. The molecule has 4 amide bonds. The number of fused-ring (bicyclic) bond motifs is 2. The lowest BCUT2D eigenvalue weighted by molar-refractivity contribution is -0.150. The smallest absolute Gasteiger partial charge is 0.319 e. The van der Waals surface area contributed by atoms with Crippen molar-refractivity contribution in [1.82, 2.24) is 20.0 Å². The number of benzene rings is 4. The van der Waals surface area contributed by atoms with Gasteiger partial charge in [0.15, 0.2) is 0 Å². The van der Waals surface area contributed by atoms with E-state index in [0.29, 0.717) is 19.6 Å². The fourth-order valence-corrected chi connectivity index (χ4v) is 6.08. The Hall–Kier alpha value is -4.85. The minimum atomic E-state index is -0.610. The summed E-state index contributed by atoms with van der Waals surface area (Å²) in [5, 5.41) is 15.0. The average Bonchev–Trinajstić information content (AvgIpc) is 3.01. The van der Waals surface area contributed by atoms with Crippen LogP contribution < -0.4 is 5.32 Å². The quantitative estimate of drug-likeness (QED) is 0.364. The molecule has 0 bridgehead atoms. The number of hydrogen-bond donors (Lipinski definition) is 2. The van der Waals surface area contributed by atoms with Crippen LogP contribution >= 0.6 is 0 Å².